The van der Waals surface area contributed by atoms with E-state index < -0.39 is 23.7 Å². The van der Waals surface area contributed by atoms with Crippen molar-refractivity contribution in [1.29, 1.82) is 0 Å². The Morgan fingerprint density at radius 1 is 1.15 bits per heavy atom. The lowest BCUT2D eigenvalue weighted by atomic mass is 10.2. The third-order valence-electron chi connectivity index (χ3n) is 5.09. The summed E-state index contributed by atoms with van der Waals surface area (Å²) in [6.45, 7) is 0.824. The topological polar surface area (TPSA) is 100 Å². The minimum atomic E-state index is -0.595. The average Bonchev–Trinajstić information content (AvgIpc) is 3.43. The number of hydrogen-bond donors (Lipinski definition) is 1. The third kappa shape index (κ3) is 5.08. The summed E-state index contributed by atoms with van der Waals surface area (Å²) in [7, 11) is 1.56. The third-order valence-corrected chi connectivity index (χ3v) is 6.32. The van der Waals surface area contributed by atoms with Crippen LogP contribution in [-0.2, 0) is 35.7 Å². The first-order valence-electron chi connectivity index (χ1n) is 10.2. The molecule has 0 aliphatic rings. The van der Waals surface area contributed by atoms with Crippen molar-refractivity contribution in [3.63, 3.8) is 0 Å². The van der Waals surface area contributed by atoms with E-state index in [0.717, 1.165) is 15.0 Å². The Kier molecular flexibility index (Phi) is 7.07. The fourth-order valence-corrected chi connectivity index (χ4v) is 4.51. The average molecular weight is 488 g/mol. The first kappa shape index (κ1) is 23.0. The molecule has 0 bridgehead atoms. The van der Waals surface area contributed by atoms with Crippen LogP contribution in [-0.4, -0.2) is 38.3 Å². The number of nitrogens with zero attached hydrogens (tertiary/aromatic N) is 4. The molecule has 9 nitrogen and oxygen atoms in total. The van der Waals surface area contributed by atoms with Crippen molar-refractivity contribution in [2.24, 2.45) is 0 Å². The predicted molar refractivity (Wildman–Crippen MR) is 127 cm³/mol. The van der Waals surface area contributed by atoms with Crippen LogP contribution in [0.15, 0.2) is 58.4 Å². The fourth-order valence-electron chi connectivity index (χ4n) is 3.48. The Morgan fingerprint density at radius 3 is 2.64 bits per heavy atom. The van der Waals surface area contributed by atoms with Gasteiger partial charge in [0.25, 0.3) is 5.56 Å². The second-order valence-corrected chi connectivity index (χ2v) is 9.13. The Morgan fingerprint density at radius 2 is 1.94 bits per heavy atom. The van der Waals surface area contributed by atoms with Crippen LogP contribution >= 0.6 is 22.9 Å². The molecular formula is C22H22ClN5O4S. The number of ether oxygens (including phenoxy) is 1. The van der Waals surface area contributed by atoms with Crippen LogP contribution < -0.4 is 16.6 Å². The number of imidazole rings is 1. The zero-order valence-corrected chi connectivity index (χ0v) is 19.4. The molecule has 3 heterocycles. The summed E-state index contributed by atoms with van der Waals surface area (Å²) in [5.74, 6) is -0.452. The van der Waals surface area contributed by atoms with Gasteiger partial charge in [-0.1, -0.05) is 41.9 Å². The minimum Gasteiger partial charge on any atom is -0.383 e. The quantitative estimate of drug-likeness (QED) is 0.389. The van der Waals surface area contributed by atoms with E-state index in [-0.39, 0.29) is 24.3 Å². The molecule has 0 saturated carbocycles. The monoisotopic (exact) mass is 487 g/mol. The molecule has 0 spiro atoms. The highest BCUT2D eigenvalue weighted by atomic mass is 35.5. The predicted octanol–water partition coefficient (Wildman–Crippen LogP) is 2.09. The largest absolute Gasteiger partial charge is 0.383 e. The Balaban J connectivity index is 1.71. The number of fused-ring (bicyclic) bond motifs is 1. The van der Waals surface area contributed by atoms with E-state index in [2.05, 4.69) is 10.3 Å². The summed E-state index contributed by atoms with van der Waals surface area (Å²) >= 11 is 7.28. The maximum absolute atomic E-state index is 13.3. The smallest absolute Gasteiger partial charge is 0.333 e. The molecular weight excluding hydrogens is 466 g/mol. The van der Waals surface area contributed by atoms with E-state index in [4.69, 9.17) is 16.3 Å². The van der Waals surface area contributed by atoms with E-state index in [0.29, 0.717) is 17.5 Å². The van der Waals surface area contributed by atoms with Gasteiger partial charge in [0, 0.05) is 18.5 Å². The number of hydrogen-bond acceptors (Lipinski definition) is 6. The van der Waals surface area contributed by atoms with Gasteiger partial charge in [0.2, 0.25) is 5.91 Å². The van der Waals surface area contributed by atoms with Gasteiger partial charge in [0.05, 0.1) is 30.4 Å². The van der Waals surface area contributed by atoms with E-state index in [1.165, 1.54) is 22.2 Å². The molecule has 0 unspecified atom stereocenters. The molecule has 0 aliphatic heterocycles. The standard InChI is InChI=1S/C22H22ClN5O4S/c1-32-10-9-26-14-25-20-19(26)21(30)28(13-18(29)24-11-16-7-8-17(23)33-16)22(31)27(20)12-15-5-3-2-4-6-15/h2-8,14H,9-13H2,1H3,(H,24,29). The van der Waals surface area contributed by atoms with E-state index in [9.17, 15) is 14.4 Å². The number of aromatic nitrogens is 4. The number of amides is 1. The van der Waals surface area contributed by atoms with Gasteiger partial charge in [-0.25, -0.2) is 14.3 Å². The van der Waals surface area contributed by atoms with Gasteiger partial charge >= 0.3 is 5.69 Å². The number of rotatable bonds is 9. The van der Waals surface area contributed by atoms with Gasteiger partial charge in [0.15, 0.2) is 11.2 Å². The summed E-state index contributed by atoms with van der Waals surface area (Å²) in [4.78, 5) is 44.4. The molecule has 33 heavy (non-hydrogen) atoms. The molecule has 0 fully saturated rings. The molecule has 1 amide bonds. The number of benzene rings is 1. The van der Waals surface area contributed by atoms with Gasteiger partial charge in [0.1, 0.15) is 6.54 Å². The highest BCUT2D eigenvalue weighted by Crippen LogP contribution is 2.21. The van der Waals surface area contributed by atoms with Gasteiger partial charge in [-0.05, 0) is 17.7 Å². The van der Waals surface area contributed by atoms with E-state index in [1.54, 1.807) is 17.7 Å². The molecule has 0 saturated heterocycles. The molecule has 4 rings (SSSR count). The van der Waals surface area contributed by atoms with Crippen molar-refractivity contribution in [1.82, 2.24) is 24.0 Å². The maximum atomic E-state index is 13.3. The lowest BCUT2D eigenvalue weighted by Crippen LogP contribution is -2.44. The normalized spacial score (nSPS) is 11.2. The Labute approximate surface area is 197 Å². The summed E-state index contributed by atoms with van der Waals surface area (Å²) < 4.78 is 9.76. The summed E-state index contributed by atoms with van der Waals surface area (Å²) in [5.41, 5.74) is 0.233. The zero-order valence-electron chi connectivity index (χ0n) is 17.9. The summed E-state index contributed by atoms with van der Waals surface area (Å²) in [6.07, 6.45) is 1.51. The highest BCUT2D eigenvalue weighted by molar-refractivity contribution is 7.16. The van der Waals surface area contributed by atoms with Gasteiger partial charge in [-0.2, -0.15) is 0 Å². The van der Waals surface area contributed by atoms with Crippen LogP contribution in [0.25, 0.3) is 11.2 Å². The summed E-state index contributed by atoms with van der Waals surface area (Å²) in [5, 5.41) is 2.74. The van der Waals surface area contributed by atoms with Crippen LogP contribution in [0.5, 0.6) is 0 Å². The van der Waals surface area contributed by atoms with Crippen molar-refractivity contribution >= 4 is 40.0 Å². The number of thiophene rings is 1. The van der Waals surface area contributed by atoms with E-state index >= 15 is 0 Å². The minimum absolute atomic E-state index is 0.215. The first-order chi connectivity index (χ1) is 16.0. The Hall–Kier alpha value is -3.21. The van der Waals surface area contributed by atoms with Crippen LogP contribution in [0.4, 0.5) is 0 Å². The summed E-state index contributed by atoms with van der Waals surface area (Å²) in [6, 6.07) is 12.9. The zero-order chi connectivity index (χ0) is 23.4. The first-order valence-corrected chi connectivity index (χ1v) is 11.4. The molecule has 172 valence electrons. The van der Waals surface area contributed by atoms with E-state index in [1.807, 2.05) is 36.4 Å². The van der Waals surface area contributed by atoms with Crippen molar-refractivity contribution in [3.05, 3.63) is 84.4 Å². The molecule has 0 radical (unpaired) electrons. The molecule has 3 aromatic heterocycles. The number of methoxy groups -OCH3 is 1. The number of halogens is 1. The SMILES string of the molecule is COCCn1cnc2c1c(=O)n(CC(=O)NCc1ccc(Cl)s1)c(=O)n2Cc1ccccc1. The number of carbonyl (C=O) groups is 1. The second kappa shape index (κ2) is 10.2. The van der Waals surface area contributed by atoms with Crippen LogP contribution in [0.1, 0.15) is 10.4 Å². The molecule has 4 aromatic rings. The highest BCUT2D eigenvalue weighted by Gasteiger charge is 2.20. The van der Waals surface area contributed by atoms with Gasteiger partial charge in [-0.15, -0.1) is 11.3 Å². The van der Waals surface area contributed by atoms with Crippen molar-refractivity contribution < 1.29 is 9.53 Å². The van der Waals surface area contributed by atoms with Crippen molar-refractivity contribution in [2.75, 3.05) is 13.7 Å². The lowest BCUT2D eigenvalue weighted by Gasteiger charge is -2.13. The number of carbonyl (C=O) groups excluding carboxylic acids is 1. The molecule has 0 atom stereocenters. The Bertz CT molecular complexity index is 1390. The van der Waals surface area contributed by atoms with Crippen molar-refractivity contribution in [3.8, 4) is 0 Å². The maximum Gasteiger partial charge on any atom is 0.333 e. The lowest BCUT2D eigenvalue weighted by molar-refractivity contribution is -0.121. The van der Waals surface area contributed by atoms with Crippen LogP contribution in [0, 0.1) is 0 Å². The fraction of sp³-hybridized carbons (Fsp3) is 0.273. The van der Waals surface area contributed by atoms with Crippen LogP contribution in [0.3, 0.4) is 0 Å². The van der Waals surface area contributed by atoms with Gasteiger partial charge in [-0.3, -0.25) is 14.2 Å². The molecule has 0 aliphatic carbocycles. The van der Waals surface area contributed by atoms with Gasteiger partial charge < -0.3 is 14.6 Å². The molecule has 11 heteroatoms. The van der Waals surface area contributed by atoms with Crippen LogP contribution in [0.2, 0.25) is 4.34 Å². The molecule has 1 N–H and O–H groups in total. The second-order valence-electron chi connectivity index (χ2n) is 7.33. The molecule has 1 aromatic carbocycles. The number of nitrogens with one attached hydrogen (secondary N) is 1. The van der Waals surface area contributed by atoms with Crippen molar-refractivity contribution in [2.45, 2.75) is 26.2 Å².